The second-order valence-electron chi connectivity index (χ2n) is 7.68. The number of hydrogen-bond donors (Lipinski definition) is 2. The first-order valence-electron chi connectivity index (χ1n) is 10.4. The standard InChI is InChI=1S/C24H28N2O6/c1-4-18-15(2)32-24(29)19(14-31-13-17(18)12-16-8-6-5-7-9-16)26-23(28)21-22(27)20(30-3)10-11-25-21/h4-11,15,17-19,27H,1,12-14H2,2-3H3,(H,26,28)/t15-,17-,18-,19-/m0/s1. The predicted molar refractivity (Wildman–Crippen MR) is 117 cm³/mol. The molecule has 1 aromatic heterocycles. The van der Waals surface area contributed by atoms with Crippen LogP contribution in [0.25, 0.3) is 0 Å². The number of rotatable bonds is 6. The van der Waals surface area contributed by atoms with Crippen LogP contribution in [-0.2, 0) is 20.7 Å². The summed E-state index contributed by atoms with van der Waals surface area (Å²) in [7, 11) is 1.36. The van der Waals surface area contributed by atoms with Crippen LogP contribution in [0.3, 0.4) is 0 Å². The Labute approximate surface area is 187 Å². The third-order valence-electron chi connectivity index (χ3n) is 5.53. The van der Waals surface area contributed by atoms with Crippen LogP contribution in [0.4, 0.5) is 0 Å². The molecule has 2 N–H and O–H groups in total. The minimum Gasteiger partial charge on any atom is -0.503 e. The minimum atomic E-state index is -1.06. The van der Waals surface area contributed by atoms with Crippen LogP contribution < -0.4 is 10.1 Å². The average molecular weight is 440 g/mol. The molecule has 0 bridgehead atoms. The lowest BCUT2D eigenvalue weighted by Gasteiger charge is -2.28. The molecule has 2 aromatic rings. The van der Waals surface area contributed by atoms with Gasteiger partial charge in [-0.25, -0.2) is 9.78 Å². The van der Waals surface area contributed by atoms with Gasteiger partial charge in [0.2, 0.25) is 0 Å². The van der Waals surface area contributed by atoms with Crippen molar-refractivity contribution in [2.45, 2.75) is 25.5 Å². The van der Waals surface area contributed by atoms with Crippen LogP contribution in [0, 0.1) is 11.8 Å². The van der Waals surface area contributed by atoms with E-state index in [-0.39, 0.29) is 29.9 Å². The van der Waals surface area contributed by atoms with Crippen LogP contribution in [-0.4, -0.2) is 54.4 Å². The first-order valence-corrected chi connectivity index (χ1v) is 10.4. The molecule has 1 aliphatic heterocycles. The number of pyridine rings is 1. The highest BCUT2D eigenvalue weighted by Gasteiger charge is 2.34. The fourth-order valence-electron chi connectivity index (χ4n) is 3.83. The molecule has 8 nitrogen and oxygen atoms in total. The van der Waals surface area contributed by atoms with E-state index in [0.29, 0.717) is 6.61 Å². The summed E-state index contributed by atoms with van der Waals surface area (Å²) in [5.74, 6) is -1.76. The van der Waals surface area contributed by atoms with Gasteiger partial charge in [-0.2, -0.15) is 0 Å². The van der Waals surface area contributed by atoms with Crippen LogP contribution >= 0.6 is 0 Å². The number of carbonyl (C=O) groups is 2. The van der Waals surface area contributed by atoms with E-state index >= 15 is 0 Å². The molecule has 1 saturated heterocycles. The first kappa shape index (κ1) is 23.3. The quantitative estimate of drug-likeness (QED) is 0.525. The number of carbonyl (C=O) groups excluding carboxylic acids is 2. The molecule has 32 heavy (non-hydrogen) atoms. The van der Waals surface area contributed by atoms with E-state index in [1.54, 1.807) is 6.08 Å². The van der Waals surface area contributed by atoms with Gasteiger partial charge in [-0.1, -0.05) is 36.4 Å². The number of cyclic esters (lactones) is 1. The van der Waals surface area contributed by atoms with Crippen molar-refractivity contribution in [2.24, 2.45) is 11.8 Å². The summed E-state index contributed by atoms with van der Waals surface area (Å²) in [6.45, 7) is 6.02. The van der Waals surface area contributed by atoms with Gasteiger partial charge < -0.3 is 24.6 Å². The van der Waals surface area contributed by atoms with Crippen LogP contribution in [0.2, 0.25) is 0 Å². The normalized spacial score (nSPS) is 23.8. The first-order chi connectivity index (χ1) is 15.4. The molecule has 0 spiro atoms. The molecule has 1 aliphatic rings. The summed E-state index contributed by atoms with van der Waals surface area (Å²) < 4.78 is 16.5. The molecule has 2 heterocycles. The number of hydrogen-bond acceptors (Lipinski definition) is 7. The lowest BCUT2D eigenvalue weighted by Crippen LogP contribution is -2.46. The van der Waals surface area contributed by atoms with E-state index in [1.165, 1.54) is 19.4 Å². The Bertz CT molecular complexity index is 949. The summed E-state index contributed by atoms with van der Waals surface area (Å²) in [5.41, 5.74) is 0.895. The number of amides is 1. The van der Waals surface area contributed by atoms with E-state index in [1.807, 2.05) is 37.3 Å². The van der Waals surface area contributed by atoms with Crippen LogP contribution in [0.1, 0.15) is 23.0 Å². The zero-order chi connectivity index (χ0) is 23.1. The third-order valence-corrected chi connectivity index (χ3v) is 5.53. The van der Waals surface area contributed by atoms with E-state index in [4.69, 9.17) is 14.2 Å². The molecular formula is C24H28N2O6. The highest BCUT2D eigenvalue weighted by Crippen LogP contribution is 2.28. The molecule has 3 rings (SSSR count). The molecule has 170 valence electrons. The summed E-state index contributed by atoms with van der Waals surface area (Å²) in [6, 6.07) is 10.4. The molecule has 0 unspecified atom stereocenters. The van der Waals surface area contributed by atoms with Crippen molar-refractivity contribution in [1.82, 2.24) is 10.3 Å². The Morgan fingerprint density at radius 2 is 2.06 bits per heavy atom. The second-order valence-corrected chi connectivity index (χ2v) is 7.68. The number of esters is 1. The van der Waals surface area contributed by atoms with Gasteiger partial charge in [-0.3, -0.25) is 4.79 Å². The maximum atomic E-state index is 12.8. The predicted octanol–water partition coefficient (Wildman–Crippen LogP) is 2.52. The molecule has 1 amide bonds. The number of aromatic hydroxyl groups is 1. The van der Waals surface area contributed by atoms with Crippen molar-refractivity contribution in [2.75, 3.05) is 20.3 Å². The molecule has 0 radical (unpaired) electrons. The van der Waals surface area contributed by atoms with E-state index < -0.39 is 29.8 Å². The van der Waals surface area contributed by atoms with Gasteiger partial charge in [0.15, 0.2) is 23.2 Å². The Hall–Kier alpha value is -3.39. The van der Waals surface area contributed by atoms with Gasteiger partial charge in [0, 0.05) is 18.2 Å². The molecular weight excluding hydrogens is 412 g/mol. The van der Waals surface area contributed by atoms with Crippen molar-refractivity contribution in [1.29, 1.82) is 0 Å². The third kappa shape index (κ3) is 5.45. The highest BCUT2D eigenvalue weighted by atomic mass is 16.6. The largest absolute Gasteiger partial charge is 0.503 e. The smallest absolute Gasteiger partial charge is 0.331 e. The van der Waals surface area contributed by atoms with Crippen LogP contribution in [0.5, 0.6) is 11.5 Å². The van der Waals surface area contributed by atoms with E-state index in [2.05, 4.69) is 16.9 Å². The van der Waals surface area contributed by atoms with Crippen molar-refractivity contribution >= 4 is 11.9 Å². The molecule has 4 atom stereocenters. The Morgan fingerprint density at radius 1 is 1.31 bits per heavy atom. The summed E-state index contributed by atoms with van der Waals surface area (Å²) in [6.07, 6.45) is 3.39. The van der Waals surface area contributed by atoms with Crippen molar-refractivity contribution in [3.63, 3.8) is 0 Å². The summed E-state index contributed by atoms with van der Waals surface area (Å²) in [4.78, 5) is 29.3. The fourth-order valence-corrected chi connectivity index (χ4v) is 3.83. The minimum absolute atomic E-state index is 0.0382. The summed E-state index contributed by atoms with van der Waals surface area (Å²) >= 11 is 0. The second kappa shape index (κ2) is 10.8. The van der Waals surface area contributed by atoms with Crippen LogP contribution in [0.15, 0.2) is 55.3 Å². The van der Waals surface area contributed by atoms with Crippen molar-refractivity contribution < 1.29 is 28.9 Å². The fraction of sp³-hybridized carbons (Fsp3) is 0.375. The number of methoxy groups -OCH3 is 1. The highest BCUT2D eigenvalue weighted by molar-refractivity contribution is 5.98. The number of nitrogens with zero attached hydrogens (tertiary/aromatic N) is 1. The Kier molecular flexibility index (Phi) is 7.83. The molecule has 1 aromatic carbocycles. The molecule has 8 heteroatoms. The number of aromatic nitrogens is 1. The van der Waals surface area contributed by atoms with Crippen molar-refractivity contribution in [3.8, 4) is 11.5 Å². The molecule has 0 saturated carbocycles. The van der Waals surface area contributed by atoms with Gasteiger partial charge in [0.05, 0.1) is 20.3 Å². The van der Waals surface area contributed by atoms with Crippen molar-refractivity contribution in [3.05, 3.63) is 66.5 Å². The summed E-state index contributed by atoms with van der Waals surface area (Å²) in [5, 5.41) is 12.7. The SMILES string of the molecule is C=C[C@@H]1[C@@H](Cc2ccccc2)COC[C@H](NC(=O)c2nccc(OC)c2O)C(=O)O[C@H]1C. The Balaban J connectivity index is 1.75. The topological polar surface area (TPSA) is 107 Å². The monoisotopic (exact) mass is 440 g/mol. The molecule has 0 aliphatic carbocycles. The van der Waals surface area contributed by atoms with Gasteiger partial charge in [0.25, 0.3) is 5.91 Å². The van der Waals surface area contributed by atoms with Gasteiger partial charge >= 0.3 is 5.97 Å². The zero-order valence-corrected chi connectivity index (χ0v) is 18.2. The Morgan fingerprint density at radius 3 is 2.75 bits per heavy atom. The maximum Gasteiger partial charge on any atom is 0.331 e. The number of benzene rings is 1. The van der Waals surface area contributed by atoms with E-state index in [9.17, 15) is 14.7 Å². The lowest BCUT2D eigenvalue weighted by atomic mass is 9.84. The zero-order valence-electron chi connectivity index (χ0n) is 18.2. The van der Waals surface area contributed by atoms with E-state index in [0.717, 1.165) is 12.0 Å². The average Bonchev–Trinajstić information content (AvgIpc) is 2.83. The van der Waals surface area contributed by atoms with Gasteiger partial charge in [-0.15, -0.1) is 6.58 Å². The molecule has 1 fully saturated rings. The lowest BCUT2D eigenvalue weighted by molar-refractivity contribution is -0.153. The number of nitrogens with one attached hydrogen (secondary N) is 1. The maximum absolute atomic E-state index is 12.8. The number of ether oxygens (including phenoxy) is 3. The van der Waals surface area contributed by atoms with Gasteiger partial charge in [-0.05, 0) is 24.8 Å². The van der Waals surface area contributed by atoms with Gasteiger partial charge in [0.1, 0.15) is 6.10 Å².